The fourth-order valence-corrected chi connectivity index (χ4v) is 5.36. The maximum Gasteiger partial charge on any atom is 0.459 e. The summed E-state index contributed by atoms with van der Waals surface area (Å²) in [5.41, 5.74) is -1.39. The highest BCUT2D eigenvalue weighted by atomic mass is 35.5. The molecule has 1 saturated heterocycles. The van der Waals surface area contributed by atoms with Crippen molar-refractivity contribution in [1.82, 2.24) is 14.6 Å². The lowest BCUT2D eigenvalue weighted by molar-refractivity contribution is -0.148. The first-order valence-corrected chi connectivity index (χ1v) is 13.1. The monoisotopic (exact) mass is 559 g/mol. The Kier molecular flexibility index (Phi) is 9.76. The van der Waals surface area contributed by atoms with Crippen LogP contribution in [0.15, 0.2) is 52.2 Å². The third-order valence-electron chi connectivity index (χ3n) is 5.33. The predicted octanol–water partition coefficient (Wildman–Crippen LogP) is -0.266. The zero-order valence-corrected chi connectivity index (χ0v) is 22.0. The molecule has 3 rings (SSSR count). The lowest BCUT2D eigenvalue weighted by Gasteiger charge is -2.27. The van der Waals surface area contributed by atoms with Crippen LogP contribution in [0, 0.1) is 0 Å². The number of hydrogen-bond acceptors (Lipinski definition) is 10. The summed E-state index contributed by atoms with van der Waals surface area (Å²) in [5.74, 6) is -0.377. The Bertz CT molecular complexity index is 1230. The number of aromatic amines is 1. The van der Waals surface area contributed by atoms with Gasteiger partial charge in [-0.1, -0.05) is 18.2 Å². The molecule has 37 heavy (non-hydrogen) atoms. The molecule has 0 bridgehead atoms. The number of aromatic nitrogens is 2. The van der Waals surface area contributed by atoms with Crippen LogP contribution in [0.1, 0.15) is 13.2 Å². The van der Waals surface area contributed by atoms with Gasteiger partial charge in [0.15, 0.2) is 6.23 Å². The van der Waals surface area contributed by atoms with E-state index in [4.69, 9.17) is 34.9 Å². The largest absolute Gasteiger partial charge is 0.462 e. The number of carbonyl (C=O) groups is 1. The molecular weight excluding hydrogens is 531 g/mol. The van der Waals surface area contributed by atoms with Gasteiger partial charge in [-0.25, -0.2) is 19.2 Å². The Morgan fingerprint density at radius 3 is 2.70 bits per heavy atom. The molecule has 1 aromatic carbocycles. The molecule has 202 valence electrons. The Hall–Kier alpha value is -2.45. The van der Waals surface area contributed by atoms with E-state index in [1.807, 2.05) is 0 Å². The number of hydrogen-bond donors (Lipinski definition) is 3. The van der Waals surface area contributed by atoms with E-state index in [2.05, 4.69) is 10.1 Å². The summed E-state index contributed by atoms with van der Waals surface area (Å²) >= 11 is 6.53. The Balaban J connectivity index is 1.74. The number of aliphatic hydroxyl groups excluding tert-OH is 1. The van der Waals surface area contributed by atoms with Crippen molar-refractivity contribution in [1.29, 1.82) is 0 Å². The standard InChI is InChI=1S/C21H28BClN3O10P/c1-13(10-33-17(28)12-32-2)25-37(31,36-14-6-4-3-5-7-14)34-11-15-18(29)21(22,23)19(35-15)26-9-8-16(27)24-20(26)30/h3-9,13,15,18-19,29H,10-12,22H2,1-2H3,(H,25,31)(H,24,27,30)/t13-,15+,18+,19+,21-,37?/m0/s1. The number of alkyl halides is 1. The van der Waals surface area contributed by atoms with Gasteiger partial charge in [-0.15, -0.1) is 11.6 Å². The van der Waals surface area contributed by atoms with Gasteiger partial charge in [-0.05, 0) is 19.1 Å². The van der Waals surface area contributed by atoms with Gasteiger partial charge in [0.25, 0.3) is 5.56 Å². The normalized spacial score (nSPS) is 25.8. The lowest BCUT2D eigenvalue weighted by atomic mass is 9.79. The Morgan fingerprint density at radius 1 is 1.35 bits per heavy atom. The minimum absolute atomic E-state index is 0.160. The second kappa shape index (κ2) is 12.4. The van der Waals surface area contributed by atoms with E-state index >= 15 is 0 Å². The van der Waals surface area contributed by atoms with Crippen molar-refractivity contribution in [2.75, 3.05) is 26.9 Å². The van der Waals surface area contributed by atoms with Crippen LogP contribution < -0.4 is 20.9 Å². The quantitative estimate of drug-likeness (QED) is 0.136. The number of nitrogens with one attached hydrogen (secondary N) is 2. The van der Waals surface area contributed by atoms with Crippen molar-refractivity contribution >= 4 is 33.2 Å². The van der Waals surface area contributed by atoms with Gasteiger partial charge in [0.2, 0.25) is 0 Å². The molecule has 3 N–H and O–H groups in total. The molecular formula is C21H28BClN3O10P. The minimum atomic E-state index is -4.12. The third kappa shape index (κ3) is 7.54. The number of halogens is 1. The molecule has 13 nitrogen and oxygen atoms in total. The molecule has 6 atom stereocenters. The van der Waals surface area contributed by atoms with Crippen molar-refractivity contribution in [3.63, 3.8) is 0 Å². The van der Waals surface area contributed by atoms with Crippen molar-refractivity contribution in [3.8, 4) is 5.75 Å². The summed E-state index contributed by atoms with van der Waals surface area (Å²) in [6.45, 7) is 0.743. The molecule has 1 fully saturated rings. The zero-order chi connectivity index (χ0) is 27.2. The maximum atomic E-state index is 13.6. The molecule has 0 amide bonds. The molecule has 2 aromatic rings. The molecule has 2 heterocycles. The molecule has 1 aliphatic heterocycles. The first-order chi connectivity index (χ1) is 17.4. The summed E-state index contributed by atoms with van der Waals surface area (Å²) in [7, 11) is -1.32. The molecule has 1 aliphatic rings. The summed E-state index contributed by atoms with van der Waals surface area (Å²) in [6, 6.07) is 8.66. The van der Waals surface area contributed by atoms with Crippen LogP contribution in [-0.2, 0) is 28.1 Å². The van der Waals surface area contributed by atoms with Gasteiger partial charge in [0, 0.05) is 25.4 Å². The van der Waals surface area contributed by atoms with Crippen molar-refractivity contribution < 1.29 is 37.7 Å². The fourth-order valence-electron chi connectivity index (χ4n) is 3.53. The lowest BCUT2D eigenvalue weighted by Crippen LogP contribution is -2.45. The Morgan fingerprint density at radius 2 is 2.05 bits per heavy atom. The maximum absolute atomic E-state index is 13.6. The van der Waals surface area contributed by atoms with E-state index in [1.165, 1.54) is 21.2 Å². The van der Waals surface area contributed by atoms with E-state index in [9.17, 15) is 24.1 Å². The average molecular weight is 560 g/mol. The number of H-pyrrole nitrogens is 1. The first-order valence-electron chi connectivity index (χ1n) is 11.2. The highest BCUT2D eigenvalue weighted by Gasteiger charge is 2.53. The number of nitrogens with zero attached hydrogens (tertiary/aromatic N) is 1. The van der Waals surface area contributed by atoms with Crippen molar-refractivity contribution in [3.05, 3.63) is 63.4 Å². The van der Waals surface area contributed by atoms with Crippen molar-refractivity contribution in [2.45, 2.75) is 36.2 Å². The van der Waals surface area contributed by atoms with Crippen molar-refractivity contribution in [2.24, 2.45) is 0 Å². The smallest absolute Gasteiger partial charge is 0.459 e. The topological polar surface area (TPSA) is 167 Å². The number of rotatable bonds is 12. The number of aliphatic hydroxyl groups is 1. The van der Waals surface area contributed by atoms with Crippen LogP contribution in [0.3, 0.4) is 0 Å². The molecule has 1 aromatic heterocycles. The van der Waals surface area contributed by atoms with Crippen LogP contribution in [0.4, 0.5) is 0 Å². The minimum Gasteiger partial charge on any atom is -0.462 e. The number of ether oxygens (including phenoxy) is 3. The molecule has 0 aliphatic carbocycles. The first kappa shape index (κ1) is 29.1. The van der Waals surface area contributed by atoms with Crippen LogP contribution in [0.25, 0.3) is 0 Å². The Labute approximate surface area is 218 Å². The zero-order valence-electron chi connectivity index (χ0n) is 20.4. The predicted molar refractivity (Wildman–Crippen MR) is 134 cm³/mol. The highest BCUT2D eigenvalue weighted by molar-refractivity contribution is 7.52. The number of carbonyl (C=O) groups excluding carboxylic acids is 1. The van der Waals surface area contributed by atoms with E-state index in [-0.39, 0.29) is 19.0 Å². The second-order valence-electron chi connectivity index (χ2n) is 8.48. The molecule has 0 saturated carbocycles. The van der Waals surface area contributed by atoms with Crippen LogP contribution >= 0.6 is 19.3 Å². The summed E-state index contributed by atoms with van der Waals surface area (Å²) in [4.78, 5) is 37.4. The SMILES string of the molecule is B[C@]1(Cl)[C@H](O)[C@@H](COP(=O)(N[C@@H](C)COC(=O)COC)Oc2ccccc2)O[C@H]1n1ccc(=O)[nH]c1=O. The molecule has 16 heteroatoms. The summed E-state index contributed by atoms with van der Waals surface area (Å²) < 4.78 is 39.9. The van der Waals surface area contributed by atoms with E-state index in [0.29, 0.717) is 0 Å². The van der Waals surface area contributed by atoms with Gasteiger partial charge in [-0.3, -0.25) is 18.9 Å². The number of esters is 1. The average Bonchev–Trinajstić information content (AvgIpc) is 3.06. The molecule has 1 unspecified atom stereocenters. The van der Waals surface area contributed by atoms with Gasteiger partial charge in [-0.2, -0.15) is 0 Å². The summed E-state index contributed by atoms with van der Waals surface area (Å²) in [6.07, 6.45) is -2.48. The summed E-state index contributed by atoms with van der Waals surface area (Å²) in [5, 5.41) is 13.5. The second-order valence-corrected chi connectivity index (χ2v) is 11.0. The van der Waals surface area contributed by atoms with E-state index in [0.717, 1.165) is 10.6 Å². The van der Waals surface area contributed by atoms with E-state index in [1.54, 1.807) is 37.3 Å². The number of benzene rings is 1. The van der Waals surface area contributed by atoms with Crippen LogP contribution in [0.2, 0.25) is 0 Å². The van der Waals surface area contributed by atoms with Crippen LogP contribution in [0.5, 0.6) is 5.75 Å². The molecule has 0 spiro atoms. The van der Waals surface area contributed by atoms with Gasteiger partial charge in [0.05, 0.1) is 17.5 Å². The highest BCUT2D eigenvalue weighted by Crippen LogP contribution is 2.47. The number of para-hydroxylation sites is 1. The van der Waals surface area contributed by atoms with Gasteiger partial charge >= 0.3 is 19.4 Å². The van der Waals surface area contributed by atoms with Gasteiger partial charge in [0.1, 0.15) is 32.9 Å². The van der Waals surface area contributed by atoms with E-state index < -0.39 is 60.8 Å². The third-order valence-corrected chi connectivity index (χ3v) is 7.44. The molecule has 0 radical (unpaired) electrons. The van der Waals surface area contributed by atoms with Gasteiger partial charge < -0.3 is 23.8 Å². The fraction of sp³-hybridized carbons (Fsp3) is 0.476. The van der Waals surface area contributed by atoms with Crippen LogP contribution in [-0.4, -0.2) is 78.4 Å². The number of methoxy groups -OCH3 is 1.